The molecule has 1 aromatic heterocycles. The Morgan fingerprint density at radius 3 is 3.00 bits per heavy atom. The zero-order valence-corrected chi connectivity index (χ0v) is 8.43. The Morgan fingerprint density at radius 1 is 1.79 bits per heavy atom. The van der Waals surface area contributed by atoms with E-state index in [0.29, 0.717) is 6.42 Å². The molecule has 2 N–H and O–H groups in total. The second-order valence-electron chi connectivity index (χ2n) is 3.00. The standard InChI is InChI=1S/C9H15N3O2/c1-3-12-5-4-7(11-12)6-8(10)9(13)14-2/h4-5,8H,3,6,10H2,1-2H3. The SMILES string of the molecule is CCn1ccc(CC(N)C(=O)OC)n1. The first-order valence-corrected chi connectivity index (χ1v) is 4.53. The molecule has 1 unspecified atom stereocenters. The Hall–Kier alpha value is -1.36. The summed E-state index contributed by atoms with van der Waals surface area (Å²) in [6, 6.07) is 1.23. The zero-order chi connectivity index (χ0) is 10.6. The lowest BCUT2D eigenvalue weighted by molar-refractivity contribution is -0.142. The van der Waals surface area contributed by atoms with Gasteiger partial charge in [-0.3, -0.25) is 9.48 Å². The van der Waals surface area contributed by atoms with Crippen LogP contribution in [0.4, 0.5) is 0 Å². The molecule has 1 atom stereocenters. The van der Waals surface area contributed by atoms with Gasteiger partial charge in [-0.1, -0.05) is 0 Å². The van der Waals surface area contributed by atoms with Crippen LogP contribution in [-0.4, -0.2) is 28.9 Å². The smallest absolute Gasteiger partial charge is 0.323 e. The van der Waals surface area contributed by atoms with Crippen LogP contribution in [0.25, 0.3) is 0 Å². The van der Waals surface area contributed by atoms with Gasteiger partial charge in [0.15, 0.2) is 0 Å². The average molecular weight is 197 g/mol. The van der Waals surface area contributed by atoms with E-state index in [1.807, 2.05) is 19.2 Å². The summed E-state index contributed by atoms with van der Waals surface area (Å²) in [6.45, 7) is 2.81. The van der Waals surface area contributed by atoms with Gasteiger partial charge < -0.3 is 10.5 Å². The Labute approximate surface area is 82.8 Å². The van der Waals surface area contributed by atoms with Gasteiger partial charge in [0, 0.05) is 19.2 Å². The molecule has 0 aliphatic carbocycles. The third kappa shape index (κ3) is 2.56. The molecule has 0 amide bonds. The van der Waals surface area contributed by atoms with E-state index >= 15 is 0 Å². The molecular formula is C9H15N3O2. The number of methoxy groups -OCH3 is 1. The van der Waals surface area contributed by atoms with Crippen LogP contribution in [0.15, 0.2) is 12.3 Å². The Kier molecular flexibility index (Phi) is 3.64. The van der Waals surface area contributed by atoms with Gasteiger partial charge >= 0.3 is 5.97 Å². The van der Waals surface area contributed by atoms with Crippen LogP contribution in [0.2, 0.25) is 0 Å². The number of rotatable bonds is 4. The normalized spacial score (nSPS) is 12.5. The van der Waals surface area contributed by atoms with E-state index in [1.165, 1.54) is 7.11 Å². The maximum absolute atomic E-state index is 11.0. The van der Waals surface area contributed by atoms with Crippen molar-refractivity contribution in [2.75, 3.05) is 7.11 Å². The molecule has 0 aliphatic rings. The molecule has 1 aromatic rings. The predicted octanol–water partition coefficient (Wildman–Crippen LogP) is -0.0542. The van der Waals surface area contributed by atoms with Crippen molar-refractivity contribution in [3.8, 4) is 0 Å². The van der Waals surface area contributed by atoms with Crippen molar-refractivity contribution >= 4 is 5.97 Å². The Balaban J connectivity index is 2.55. The highest BCUT2D eigenvalue weighted by atomic mass is 16.5. The molecule has 0 radical (unpaired) electrons. The summed E-state index contributed by atoms with van der Waals surface area (Å²) < 4.78 is 6.31. The van der Waals surface area contributed by atoms with Crippen LogP contribution < -0.4 is 5.73 Å². The Bertz CT molecular complexity index is 309. The summed E-state index contributed by atoms with van der Waals surface area (Å²) in [7, 11) is 1.33. The molecule has 0 spiro atoms. The van der Waals surface area contributed by atoms with Crippen molar-refractivity contribution in [3.05, 3.63) is 18.0 Å². The van der Waals surface area contributed by atoms with E-state index in [0.717, 1.165) is 12.2 Å². The van der Waals surface area contributed by atoms with E-state index in [4.69, 9.17) is 5.73 Å². The number of ether oxygens (including phenoxy) is 1. The summed E-state index contributed by atoms with van der Waals surface area (Å²) in [5.41, 5.74) is 6.40. The number of hydrogen-bond donors (Lipinski definition) is 1. The fraction of sp³-hybridized carbons (Fsp3) is 0.556. The highest BCUT2D eigenvalue weighted by molar-refractivity contribution is 5.75. The fourth-order valence-electron chi connectivity index (χ4n) is 1.15. The maximum Gasteiger partial charge on any atom is 0.323 e. The summed E-state index contributed by atoms with van der Waals surface area (Å²) in [5, 5.41) is 4.21. The number of nitrogens with zero attached hydrogens (tertiary/aromatic N) is 2. The van der Waals surface area contributed by atoms with Gasteiger partial charge in [-0.15, -0.1) is 0 Å². The van der Waals surface area contributed by atoms with Crippen molar-refractivity contribution in [1.29, 1.82) is 0 Å². The third-order valence-electron chi connectivity index (χ3n) is 1.95. The third-order valence-corrected chi connectivity index (χ3v) is 1.95. The zero-order valence-electron chi connectivity index (χ0n) is 8.43. The fourth-order valence-corrected chi connectivity index (χ4v) is 1.15. The second-order valence-corrected chi connectivity index (χ2v) is 3.00. The van der Waals surface area contributed by atoms with E-state index in [9.17, 15) is 4.79 Å². The van der Waals surface area contributed by atoms with Crippen molar-refractivity contribution < 1.29 is 9.53 Å². The van der Waals surface area contributed by atoms with Crippen LogP contribution in [0, 0.1) is 0 Å². The van der Waals surface area contributed by atoms with Crippen molar-refractivity contribution in [2.45, 2.75) is 25.9 Å². The minimum atomic E-state index is -0.625. The lowest BCUT2D eigenvalue weighted by Gasteiger charge is -2.06. The van der Waals surface area contributed by atoms with E-state index in [-0.39, 0.29) is 0 Å². The average Bonchev–Trinajstić information content (AvgIpc) is 2.64. The minimum absolute atomic E-state index is 0.406. The molecule has 0 bridgehead atoms. The van der Waals surface area contributed by atoms with Gasteiger partial charge in [0.1, 0.15) is 6.04 Å². The molecule has 0 aromatic carbocycles. The van der Waals surface area contributed by atoms with Crippen LogP contribution in [0.1, 0.15) is 12.6 Å². The molecule has 0 saturated carbocycles. The van der Waals surface area contributed by atoms with E-state index in [1.54, 1.807) is 4.68 Å². The first kappa shape index (κ1) is 10.7. The monoisotopic (exact) mass is 197 g/mol. The van der Waals surface area contributed by atoms with E-state index in [2.05, 4.69) is 9.84 Å². The molecule has 0 saturated heterocycles. The molecule has 1 rings (SSSR count). The Morgan fingerprint density at radius 2 is 2.50 bits per heavy atom. The molecule has 0 aliphatic heterocycles. The topological polar surface area (TPSA) is 70.1 Å². The predicted molar refractivity (Wildman–Crippen MR) is 51.6 cm³/mol. The first-order chi connectivity index (χ1) is 6.67. The highest BCUT2D eigenvalue weighted by Crippen LogP contribution is 2.00. The van der Waals surface area contributed by atoms with Crippen molar-refractivity contribution in [2.24, 2.45) is 5.73 Å². The molecule has 0 fully saturated rings. The lowest BCUT2D eigenvalue weighted by Crippen LogP contribution is -2.33. The van der Waals surface area contributed by atoms with Crippen molar-refractivity contribution in [3.63, 3.8) is 0 Å². The maximum atomic E-state index is 11.0. The summed E-state index contributed by atoms with van der Waals surface area (Å²) >= 11 is 0. The van der Waals surface area contributed by atoms with Gasteiger partial charge in [-0.2, -0.15) is 5.10 Å². The van der Waals surface area contributed by atoms with Gasteiger partial charge in [-0.25, -0.2) is 0 Å². The lowest BCUT2D eigenvalue weighted by atomic mass is 10.2. The molecule has 5 nitrogen and oxygen atoms in total. The van der Waals surface area contributed by atoms with Crippen LogP contribution in [-0.2, 0) is 22.5 Å². The van der Waals surface area contributed by atoms with Gasteiger partial charge in [0.05, 0.1) is 12.8 Å². The minimum Gasteiger partial charge on any atom is -0.468 e. The van der Waals surface area contributed by atoms with Gasteiger partial charge in [0.25, 0.3) is 0 Å². The summed E-state index contributed by atoms with van der Waals surface area (Å²) in [6.07, 6.45) is 2.28. The number of carbonyl (C=O) groups excluding carboxylic acids is 1. The molecule has 78 valence electrons. The largest absolute Gasteiger partial charge is 0.468 e. The number of nitrogens with two attached hydrogens (primary N) is 1. The van der Waals surface area contributed by atoms with Crippen LogP contribution in [0.5, 0.6) is 0 Å². The number of esters is 1. The van der Waals surface area contributed by atoms with Crippen LogP contribution in [0.3, 0.4) is 0 Å². The molecule has 14 heavy (non-hydrogen) atoms. The van der Waals surface area contributed by atoms with Gasteiger partial charge in [-0.05, 0) is 13.0 Å². The second kappa shape index (κ2) is 4.76. The molecule has 5 heteroatoms. The van der Waals surface area contributed by atoms with Crippen molar-refractivity contribution in [1.82, 2.24) is 9.78 Å². The number of aryl methyl sites for hydroxylation is 1. The molecular weight excluding hydrogens is 182 g/mol. The molecule has 1 heterocycles. The first-order valence-electron chi connectivity index (χ1n) is 4.53. The highest BCUT2D eigenvalue weighted by Gasteiger charge is 2.15. The number of carbonyl (C=O) groups is 1. The number of hydrogen-bond acceptors (Lipinski definition) is 4. The summed E-state index contributed by atoms with van der Waals surface area (Å²) in [4.78, 5) is 11.0. The van der Waals surface area contributed by atoms with Crippen LogP contribution >= 0.6 is 0 Å². The van der Waals surface area contributed by atoms with Gasteiger partial charge in [0.2, 0.25) is 0 Å². The number of aromatic nitrogens is 2. The summed E-state index contributed by atoms with van der Waals surface area (Å²) in [5.74, 6) is -0.406. The van der Waals surface area contributed by atoms with E-state index < -0.39 is 12.0 Å². The quantitative estimate of drug-likeness (QED) is 0.687.